The molecule has 1 amide bonds. The Balaban J connectivity index is 1.42. The van der Waals surface area contributed by atoms with Crippen LogP contribution in [-0.4, -0.2) is 41.4 Å². The van der Waals surface area contributed by atoms with E-state index in [4.69, 9.17) is 4.42 Å². The van der Waals surface area contributed by atoms with Crippen LogP contribution in [0.5, 0.6) is 0 Å². The molecule has 1 unspecified atom stereocenters. The van der Waals surface area contributed by atoms with Gasteiger partial charge < -0.3 is 4.42 Å². The van der Waals surface area contributed by atoms with Crippen molar-refractivity contribution in [2.45, 2.75) is 50.0 Å². The molecule has 33 heavy (non-hydrogen) atoms. The average Bonchev–Trinajstić information content (AvgIpc) is 3.44. The minimum Gasteiger partial charge on any atom is -0.407 e. The first kappa shape index (κ1) is 23.1. The second-order valence-electron chi connectivity index (χ2n) is 8.29. The lowest BCUT2D eigenvalue weighted by Crippen LogP contribution is -2.43. The van der Waals surface area contributed by atoms with E-state index in [1.54, 1.807) is 0 Å². The van der Waals surface area contributed by atoms with Crippen molar-refractivity contribution < 1.29 is 22.0 Å². The molecule has 1 aromatic heterocycles. The number of benzene rings is 2. The van der Waals surface area contributed by atoms with Gasteiger partial charge in [-0.15, -0.1) is 5.10 Å². The Morgan fingerprint density at radius 2 is 1.85 bits per heavy atom. The molecule has 1 saturated heterocycles. The Bertz CT molecular complexity index is 1220. The predicted octanol–water partition coefficient (Wildman–Crippen LogP) is 3.71. The van der Waals surface area contributed by atoms with Gasteiger partial charge in [0, 0.05) is 6.54 Å². The Kier molecular flexibility index (Phi) is 6.57. The minimum atomic E-state index is -3.95. The maximum Gasteiger partial charge on any atom is 0.322 e. The van der Waals surface area contributed by atoms with Crippen LogP contribution >= 0.6 is 0 Å². The number of nitrogens with one attached hydrogen (secondary N) is 1. The molecule has 1 aliphatic rings. The highest BCUT2D eigenvalue weighted by atomic mass is 32.2. The molecule has 10 heteroatoms. The molecule has 0 saturated carbocycles. The van der Waals surface area contributed by atoms with Crippen molar-refractivity contribution in [3.63, 3.8) is 0 Å². The molecular formula is C23H25FN4O4S. The fraction of sp³-hybridized carbons (Fsp3) is 0.348. The van der Waals surface area contributed by atoms with Crippen LogP contribution in [0.1, 0.15) is 49.6 Å². The van der Waals surface area contributed by atoms with E-state index in [0.717, 1.165) is 22.0 Å². The maximum absolute atomic E-state index is 13.2. The third kappa shape index (κ3) is 5.12. The minimum absolute atomic E-state index is 0.0628. The van der Waals surface area contributed by atoms with Crippen molar-refractivity contribution >= 4 is 21.9 Å². The molecule has 174 valence electrons. The molecule has 3 aromatic rings. The van der Waals surface area contributed by atoms with Gasteiger partial charge in [0.15, 0.2) is 0 Å². The number of carbonyl (C=O) groups is 1. The molecular weight excluding hydrogens is 447 g/mol. The van der Waals surface area contributed by atoms with Crippen LogP contribution < -0.4 is 5.32 Å². The smallest absolute Gasteiger partial charge is 0.322 e. The van der Waals surface area contributed by atoms with Gasteiger partial charge in [-0.05, 0) is 54.2 Å². The van der Waals surface area contributed by atoms with Gasteiger partial charge in [0.1, 0.15) is 11.9 Å². The molecule has 1 atom stereocenters. The lowest BCUT2D eigenvalue weighted by molar-refractivity contribution is -0.119. The number of carbonyl (C=O) groups excluding carboxylic acids is 1. The first-order chi connectivity index (χ1) is 15.7. The van der Waals surface area contributed by atoms with Gasteiger partial charge in [0.2, 0.25) is 21.8 Å². The highest BCUT2D eigenvalue weighted by Gasteiger charge is 2.39. The first-order valence-corrected chi connectivity index (χ1v) is 12.2. The van der Waals surface area contributed by atoms with E-state index in [1.165, 1.54) is 17.7 Å². The number of hydrogen-bond donors (Lipinski definition) is 1. The van der Waals surface area contributed by atoms with Gasteiger partial charge >= 0.3 is 6.01 Å². The number of nitrogens with zero attached hydrogens (tertiary/aromatic N) is 3. The topological polar surface area (TPSA) is 105 Å². The van der Waals surface area contributed by atoms with Crippen LogP contribution in [-0.2, 0) is 21.2 Å². The molecule has 8 nitrogen and oxygen atoms in total. The van der Waals surface area contributed by atoms with Crippen molar-refractivity contribution in [2.24, 2.45) is 0 Å². The Morgan fingerprint density at radius 3 is 2.52 bits per heavy atom. The van der Waals surface area contributed by atoms with E-state index in [-0.39, 0.29) is 17.5 Å². The third-order valence-corrected chi connectivity index (χ3v) is 7.55. The van der Waals surface area contributed by atoms with Crippen molar-refractivity contribution in [3.8, 4) is 0 Å². The number of sulfonamides is 1. The van der Waals surface area contributed by atoms with E-state index < -0.39 is 27.8 Å². The molecule has 2 heterocycles. The summed E-state index contributed by atoms with van der Waals surface area (Å²) in [6.07, 6.45) is 1.30. The molecule has 1 fully saturated rings. The van der Waals surface area contributed by atoms with Crippen molar-refractivity contribution in [3.05, 3.63) is 71.4 Å². The normalized spacial score (nSPS) is 16.9. The van der Waals surface area contributed by atoms with Gasteiger partial charge in [0.05, 0.1) is 11.3 Å². The van der Waals surface area contributed by atoms with Crippen LogP contribution in [0.4, 0.5) is 10.4 Å². The Hall–Kier alpha value is -3.11. The zero-order chi connectivity index (χ0) is 23.6. The van der Waals surface area contributed by atoms with E-state index in [2.05, 4.69) is 41.5 Å². The third-order valence-electron chi connectivity index (χ3n) is 5.63. The highest BCUT2D eigenvalue weighted by Crippen LogP contribution is 2.27. The van der Waals surface area contributed by atoms with Crippen LogP contribution in [0.15, 0.2) is 57.8 Å². The van der Waals surface area contributed by atoms with Gasteiger partial charge in [-0.1, -0.05) is 43.2 Å². The molecule has 0 aliphatic carbocycles. The number of rotatable bonds is 7. The maximum atomic E-state index is 13.2. The van der Waals surface area contributed by atoms with Crippen LogP contribution in [0, 0.1) is 5.82 Å². The summed E-state index contributed by atoms with van der Waals surface area (Å²) in [4.78, 5) is 12.8. The summed E-state index contributed by atoms with van der Waals surface area (Å²) < 4.78 is 45.8. The highest BCUT2D eigenvalue weighted by molar-refractivity contribution is 7.89. The molecule has 1 N–H and O–H groups in total. The lowest BCUT2D eigenvalue weighted by atomic mass is 10.0. The number of aromatic nitrogens is 2. The van der Waals surface area contributed by atoms with E-state index in [1.807, 2.05) is 12.1 Å². The molecule has 0 spiro atoms. The Labute approximate surface area is 191 Å². The zero-order valence-corrected chi connectivity index (χ0v) is 19.2. The first-order valence-electron chi connectivity index (χ1n) is 10.7. The largest absolute Gasteiger partial charge is 0.407 e. The summed E-state index contributed by atoms with van der Waals surface area (Å²) in [6, 6.07) is 11.6. The molecule has 0 bridgehead atoms. The van der Waals surface area contributed by atoms with Gasteiger partial charge in [-0.2, -0.15) is 4.31 Å². The Morgan fingerprint density at radius 1 is 1.15 bits per heavy atom. The summed E-state index contributed by atoms with van der Waals surface area (Å²) in [6.45, 7) is 4.44. The van der Waals surface area contributed by atoms with Crippen molar-refractivity contribution in [2.75, 3.05) is 11.9 Å². The van der Waals surface area contributed by atoms with Gasteiger partial charge in [0.25, 0.3) is 0 Å². The lowest BCUT2D eigenvalue weighted by Gasteiger charge is -2.22. The van der Waals surface area contributed by atoms with Crippen LogP contribution in [0.25, 0.3) is 0 Å². The quantitative estimate of drug-likeness (QED) is 0.562. The zero-order valence-electron chi connectivity index (χ0n) is 18.4. The summed E-state index contributed by atoms with van der Waals surface area (Å²) in [5.41, 5.74) is 2.22. The monoisotopic (exact) mass is 472 g/mol. The number of halogens is 1. The molecule has 0 radical (unpaired) electrons. The number of hydrogen-bond acceptors (Lipinski definition) is 6. The van der Waals surface area contributed by atoms with Crippen LogP contribution in [0.2, 0.25) is 0 Å². The van der Waals surface area contributed by atoms with Crippen molar-refractivity contribution in [1.29, 1.82) is 0 Å². The SMILES string of the molecule is CC(C)c1ccc(Cc2nnc(NC(=O)C3CCCN3S(=O)(=O)c3ccc(F)cc3)o2)cc1. The fourth-order valence-electron chi connectivity index (χ4n) is 3.79. The molecule has 1 aliphatic heterocycles. The van der Waals surface area contributed by atoms with E-state index in [9.17, 15) is 17.6 Å². The molecule has 4 rings (SSSR count). The number of anilines is 1. The average molecular weight is 473 g/mol. The fourth-order valence-corrected chi connectivity index (χ4v) is 5.45. The summed E-state index contributed by atoms with van der Waals surface area (Å²) >= 11 is 0. The van der Waals surface area contributed by atoms with E-state index in [0.29, 0.717) is 31.1 Å². The predicted molar refractivity (Wildman–Crippen MR) is 120 cm³/mol. The summed E-state index contributed by atoms with van der Waals surface area (Å²) in [5.74, 6) is -0.307. The number of amides is 1. The van der Waals surface area contributed by atoms with E-state index >= 15 is 0 Å². The van der Waals surface area contributed by atoms with Crippen LogP contribution in [0.3, 0.4) is 0 Å². The van der Waals surface area contributed by atoms with Gasteiger partial charge in [-0.3, -0.25) is 10.1 Å². The second kappa shape index (κ2) is 9.40. The standard InChI is InChI=1S/C23H25FN4O4S/c1-15(2)17-7-5-16(6-8-17)14-21-26-27-23(32-21)25-22(29)20-4-3-13-28(20)33(30,31)19-11-9-18(24)10-12-19/h5-12,15,20H,3-4,13-14H2,1-2H3,(H,25,27,29). The summed E-state index contributed by atoms with van der Waals surface area (Å²) in [7, 11) is -3.95. The molecule has 2 aromatic carbocycles. The summed E-state index contributed by atoms with van der Waals surface area (Å²) in [5, 5.41) is 10.4. The second-order valence-corrected chi connectivity index (χ2v) is 10.2. The van der Waals surface area contributed by atoms with Gasteiger partial charge in [-0.25, -0.2) is 12.8 Å². The van der Waals surface area contributed by atoms with Crippen molar-refractivity contribution in [1.82, 2.24) is 14.5 Å².